The Bertz CT molecular complexity index is 1960. The number of ether oxygens (including phenoxy) is 1. The molecule has 0 bridgehead atoms. The quantitative estimate of drug-likeness (QED) is 0.0188. The highest BCUT2D eigenvalue weighted by Gasteiger charge is 2.49. The van der Waals surface area contributed by atoms with Gasteiger partial charge in [-0.05, 0) is 80.4 Å². The van der Waals surface area contributed by atoms with Crippen LogP contribution in [0.1, 0.15) is 125 Å². The van der Waals surface area contributed by atoms with E-state index in [1.807, 2.05) is 19.9 Å². The second-order valence-electron chi connectivity index (χ2n) is 19.4. The number of likely N-dealkylation sites (N-methyl/N-ethyl adjacent to an activating group) is 2. The van der Waals surface area contributed by atoms with E-state index in [1.165, 1.54) is 21.7 Å². The number of alkyl halides is 1. The molecule has 1 heterocycles. The van der Waals surface area contributed by atoms with E-state index >= 15 is 0 Å². The molecule has 1 aromatic carbocycles. The normalized spacial score (nSPS) is 16.1. The average molecular weight is 1090 g/mol. The van der Waals surface area contributed by atoms with E-state index in [0.717, 1.165) is 25.7 Å². The summed E-state index contributed by atoms with van der Waals surface area (Å²) in [6, 6.07) is 1.99. The number of hydrogen-bond acceptors (Lipinski definition) is 10. The fraction of sp³-hybridized carbons (Fsp3) is 0.660. The van der Waals surface area contributed by atoms with E-state index in [1.54, 1.807) is 66.1 Å². The number of unbranched alkanes of at least 4 members (excludes halogenated alkanes) is 2. The molecule has 1 aliphatic rings. The number of primary amides is 1. The third-order valence-corrected chi connectivity index (χ3v) is 14.1. The van der Waals surface area contributed by atoms with Crippen LogP contribution in [0.4, 0.5) is 15.3 Å². The molecule has 70 heavy (non-hydrogen) atoms. The lowest BCUT2D eigenvalue weighted by molar-refractivity contribution is -0.140. The van der Waals surface area contributed by atoms with Crippen LogP contribution < -0.4 is 32.3 Å². The van der Waals surface area contributed by atoms with Gasteiger partial charge in [-0.3, -0.25) is 43.4 Å². The zero-order chi connectivity index (χ0) is 52.9. The number of benzene rings is 1. The first-order chi connectivity index (χ1) is 32.9. The molecule has 1 aliphatic heterocycles. The Morgan fingerprint density at radius 3 is 2.06 bits per heavy atom. The maximum Gasteiger partial charge on any atom is 0.410 e. The van der Waals surface area contributed by atoms with Crippen molar-refractivity contribution >= 4 is 81.8 Å². The van der Waals surface area contributed by atoms with Crippen LogP contribution in [0.15, 0.2) is 36.9 Å². The van der Waals surface area contributed by atoms with Gasteiger partial charge in [-0.1, -0.05) is 102 Å². The van der Waals surface area contributed by atoms with Gasteiger partial charge in [0.1, 0.15) is 30.8 Å². The molecule has 10 amide bonds. The molecule has 7 N–H and O–H groups in total. The van der Waals surface area contributed by atoms with Crippen molar-refractivity contribution in [3.05, 3.63) is 42.5 Å². The van der Waals surface area contributed by atoms with Crippen molar-refractivity contribution in [3.63, 3.8) is 0 Å². The molecule has 3 unspecified atom stereocenters. The van der Waals surface area contributed by atoms with Gasteiger partial charge in [-0.2, -0.15) is 0 Å². The number of carbonyl (C=O) groups is 9. The van der Waals surface area contributed by atoms with E-state index in [-0.39, 0.29) is 96.1 Å². The van der Waals surface area contributed by atoms with Crippen LogP contribution >= 0.6 is 22.6 Å². The average Bonchev–Trinajstić information content (AvgIpc) is 3.58. The highest BCUT2D eigenvalue weighted by Crippen LogP contribution is 2.43. The largest absolute Gasteiger partial charge is 0.445 e. The lowest BCUT2D eigenvalue weighted by Crippen LogP contribution is -2.57. The van der Waals surface area contributed by atoms with Crippen LogP contribution in [0.5, 0.6) is 0 Å². The van der Waals surface area contributed by atoms with Crippen molar-refractivity contribution in [1.29, 1.82) is 0 Å². The van der Waals surface area contributed by atoms with Crippen molar-refractivity contribution in [3.8, 4) is 0 Å². The van der Waals surface area contributed by atoms with Crippen LogP contribution in [0.3, 0.4) is 0 Å². The van der Waals surface area contributed by atoms with Crippen molar-refractivity contribution < 1.29 is 47.9 Å². The Morgan fingerprint density at radius 1 is 0.857 bits per heavy atom. The smallest absolute Gasteiger partial charge is 0.410 e. The van der Waals surface area contributed by atoms with Gasteiger partial charge >= 0.3 is 12.1 Å². The topological polar surface area (TPSA) is 259 Å². The Kier molecular flexibility index (Phi) is 25.9. The number of halogens is 1. The Labute approximate surface area is 428 Å². The van der Waals surface area contributed by atoms with Crippen molar-refractivity contribution in [1.82, 2.24) is 36.0 Å². The molecule has 0 radical (unpaired) electrons. The summed E-state index contributed by atoms with van der Waals surface area (Å²) in [6.07, 6.45) is 6.67. The lowest BCUT2D eigenvalue weighted by atomic mass is 9.83. The fourth-order valence-electron chi connectivity index (χ4n) is 8.34. The van der Waals surface area contributed by atoms with Gasteiger partial charge in [0.15, 0.2) is 0 Å². The Hall–Kier alpha value is -5.28. The number of allylic oxidation sites excluding steroid dienone is 1. The molecule has 0 spiro atoms. The number of nitrogens with zero attached hydrogens (tertiary/aromatic N) is 3. The lowest BCUT2D eigenvalue weighted by Gasteiger charge is -2.32. The van der Waals surface area contributed by atoms with Crippen molar-refractivity contribution in [2.75, 3.05) is 39.5 Å². The summed E-state index contributed by atoms with van der Waals surface area (Å²) in [7, 11) is 4.67. The molecule has 392 valence electrons. The Balaban J connectivity index is 2.02. The van der Waals surface area contributed by atoms with Crippen LogP contribution in [0, 0.1) is 23.7 Å². The molecule has 19 nitrogen and oxygen atoms in total. The number of nitrogens with two attached hydrogens (primary N) is 1. The molecule has 1 fully saturated rings. The number of nitrogens with one attached hydrogen (secondary N) is 5. The minimum Gasteiger partial charge on any atom is -0.445 e. The third kappa shape index (κ3) is 19.1. The molecule has 0 aromatic heterocycles. The van der Waals surface area contributed by atoms with Crippen LogP contribution in [0.25, 0.3) is 0 Å². The first-order valence-electron chi connectivity index (χ1n) is 24.5. The number of amides is 10. The summed E-state index contributed by atoms with van der Waals surface area (Å²) in [5.41, 5.74) is 6.17. The zero-order valence-corrected chi connectivity index (χ0v) is 45.1. The van der Waals surface area contributed by atoms with Crippen molar-refractivity contribution in [2.24, 2.45) is 29.4 Å². The van der Waals surface area contributed by atoms with E-state index < -0.39 is 54.0 Å². The first kappa shape index (κ1) is 60.8. The molecule has 1 aromatic rings. The van der Waals surface area contributed by atoms with Gasteiger partial charge in [0.25, 0.3) is 0 Å². The van der Waals surface area contributed by atoms with Gasteiger partial charge in [0, 0.05) is 56.2 Å². The van der Waals surface area contributed by atoms with Gasteiger partial charge in [-0.15, -0.1) is 6.58 Å². The minimum atomic E-state index is -1.07. The van der Waals surface area contributed by atoms with Crippen molar-refractivity contribution in [2.45, 2.75) is 153 Å². The summed E-state index contributed by atoms with van der Waals surface area (Å²) >= 11 is 2.36. The number of hydrogen-bond donors (Lipinski definition) is 6. The second kappa shape index (κ2) is 29.8. The molecule has 6 atom stereocenters. The van der Waals surface area contributed by atoms with E-state index in [4.69, 9.17) is 10.5 Å². The Morgan fingerprint density at radius 2 is 1.50 bits per heavy atom. The molecule has 1 saturated heterocycles. The summed E-state index contributed by atoms with van der Waals surface area (Å²) in [6.45, 7) is 16.9. The molecule has 2 rings (SSSR count). The molecule has 20 heteroatoms. The molecule has 0 saturated carbocycles. The molecule has 0 aliphatic carbocycles. The van der Waals surface area contributed by atoms with E-state index in [2.05, 4.69) is 62.7 Å². The van der Waals surface area contributed by atoms with E-state index in [0.29, 0.717) is 30.5 Å². The highest BCUT2D eigenvalue weighted by molar-refractivity contribution is 14.1. The van der Waals surface area contributed by atoms with Gasteiger partial charge in [0.2, 0.25) is 41.4 Å². The van der Waals surface area contributed by atoms with Crippen LogP contribution in [0.2, 0.25) is 0 Å². The number of likely N-dealkylation sites (tertiary alicyclic amines) is 1. The maximum atomic E-state index is 13.7. The fourth-order valence-corrected chi connectivity index (χ4v) is 9.68. The van der Waals surface area contributed by atoms with Gasteiger partial charge in [0.05, 0.1) is 5.92 Å². The molecular weight excluding hydrogens is 1010 g/mol. The zero-order valence-electron chi connectivity index (χ0n) is 43.0. The summed E-state index contributed by atoms with van der Waals surface area (Å²) < 4.78 is 5.23. The standard InChI is InChI=1S/C50H80IN9O10/c1-12-14-26-50(51,25-13-2)36-29-39(62)60(46(36)66)28-17-15-16-20-38(61)56-40(31(3)4)44(64)55-37(19-18-27-53-48(52)68)43(63)54-35-23-21-34(22-24-35)30-70-49(69)59(11)42(33(7)8)45(65)57-41(32(5)6)47(67)58(9)10/h12,21-24,31-33,36-37,40-42H,1,13-20,25-30H2,2-11H3,(H,54,63)(H,55,64)(H,56,61)(H,57,65)(H3,52,53,68)/t36?,37-,40?,41-,42-,50?/m0/s1. The number of anilines is 1. The summed E-state index contributed by atoms with van der Waals surface area (Å²) in [5, 5.41) is 13.6. The highest BCUT2D eigenvalue weighted by atomic mass is 127. The molecular formula is C50H80IN9O10. The third-order valence-electron chi connectivity index (χ3n) is 12.3. The van der Waals surface area contributed by atoms with Crippen LogP contribution in [-0.2, 0) is 44.9 Å². The first-order valence-corrected chi connectivity index (χ1v) is 25.5. The van der Waals surface area contributed by atoms with Gasteiger partial charge < -0.3 is 42.0 Å². The predicted octanol–water partition coefficient (Wildman–Crippen LogP) is 5.40. The summed E-state index contributed by atoms with van der Waals surface area (Å²) in [5.74, 6) is -3.75. The summed E-state index contributed by atoms with van der Waals surface area (Å²) in [4.78, 5) is 121. The SMILES string of the molecule is C=CCCC(I)(CCC)C1CC(=O)N(CCCCCC(=O)NC(C(=O)N[C@@H](CCCNC(N)=O)C(=O)Nc2ccc(COC(=O)N(C)[C@H](C(=O)N[C@H](C(=O)N(C)C)C(C)C)C(C)C)cc2)C(C)C)C1=O. The second-order valence-corrected chi connectivity index (χ2v) is 21.5. The maximum absolute atomic E-state index is 13.7. The number of urea groups is 1. The van der Waals surface area contributed by atoms with Gasteiger partial charge in [-0.25, -0.2) is 9.59 Å². The monoisotopic (exact) mass is 1090 g/mol. The number of imide groups is 1. The number of rotatable bonds is 30. The number of carbonyl (C=O) groups excluding carboxylic acids is 9. The predicted molar refractivity (Wildman–Crippen MR) is 277 cm³/mol. The van der Waals surface area contributed by atoms with Crippen LogP contribution in [-0.4, -0.2) is 130 Å². The minimum absolute atomic E-state index is 0.111. The van der Waals surface area contributed by atoms with E-state index in [9.17, 15) is 43.2 Å².